The molecule has 11 heteroatoms. The monoisotopic (exact) mass is 586 g/mol. The number of nitrogens with one attached hydrogen (secondary N) is 2. The zero-order valence-corrected chi connectivity index (χ0v) is 23.9. The Kier molecular flexibility index (Phi) is 9.90. The number of rotatable bonds is 12. The molecule has 4 aromatic rings. The molecule has 0 heterocycles. The fourth-order valence-corrected chi connectivity index (χ4v) is 4.78. The van der Waals surface area contributed by atoms with Gasteiger partial charge < -0.3 is 14.8 Å². The quantitative estimate of drug-likeness (QED) is 0.187. The van der Waals surface area contributed by atoms with E-state index in [1.807, 2.05) is 36.4 Å². The number of carbonyl (C=O) groups excluding carboxylic acids is 2. The smallest absolute Gasteiger partial charge is 0.271 e. The predicted octanol–water partition coefficient (Wildman–Crippen LogP) is 4.44. The summed E-state index contributed by atoms with van der Waals surface area (Å²) in [4.78, 5) is 24.8. The van der Waals surface area contributed by atoms with Crippen molar-refractivity contribution in [1.82, 2.24) is 5.43 Å². The number of ether oxygens (including phenoxy) is 2. The molecule has 0 unspecified atom stereocenters. The minimum absolute atomic E-state index is 0.176. The summed E-state index contributed by atoms with van der Waals surface area (Å²) in [6.07, 6.45) is 2.61. The number of hydrogen-bond donors (Lipinski definition) is 2. The zero-order chi connectivity index (χ0) is 30.0. The number of sulfonamides is 1. The number of carbonyl (C=O) groups is 2. The maximum absolute atomic E-state index is 12.6. The fraction of sp³-hybridized carbons (Fsp3) is 0.129. The molecule has 0 saturated carbocycles. The standard InChI is InChI=1S/C31H30N4O6S/c1-40-29-11-7-6-10-28(29)33-30(36)22-41-27-18-12-23(13-19-27)20-32-34-31(37)25-14-16-26(17-15-25)35(42(2,38)39)21-24-8-4-3-5-9-24/h3-20H,21-22H2,1-2H3,(H,33,36)(H,34,37)/b32-20-. The third kappa shape index (κ3) is 8.42. The molecule has 0 spiro atoms. The number of nitrogens with zero attached hydrogens (tertiary/aromatic N) is 2. The third-order valence-corrected chi connectivity index (χ3v) is 7.14. The number of methoxy groups -OCH3 is 1. The molecule has 0 aliphatic heterocycles. The van der Waals surface area contributed by atoms with Crippen LogP contribution >= 0.6 is 0 Å². The molecule has 42 heavy (non-hydrogen) atoms. The molecule has 0 radical (unpaired) electrons. The minimum Gasteiger partial charge on any atom is -0.495 e. The van der Waals surface area contributed by atoms with Crippen molar-refractivity contribution >= 4 is 39.4 Å². The summed E-state index contributed by atoms with van der Waals surface area (Å²) in [5.41, 5.74) is 5.31. The van der Waals surface area contributed by atoms with Gasteiger partial charge in [-0.2, -0.15) is 5.10 Å². The van der Waals surface area contributed by atoms with Gasteiger partial charge in [0.15, 0.2) is 6.61 Å². The maximum atomic E-state index is 12.6. The molecule has 0 bridgehead atoms. The van der Waals surface area contributed by atoms with E-state index in [-0.39, 0.29) is 19.1 Å². The van der Waals surface area contributed by atoms with Gasteiger partial charge in [-0.05, 0) is 71.8 Å². The number of hydrogen-bond acceptors (Lipinski definition) is 7. The zero-order valence-electron chi connectivity index (χ0n) is 23.1. The highest BCUT2D eigenvalue weighted by atomic mass is 32.2. The topological polar surface area (TPSA) is 126 Å². The Morgan fingerprint density at radius 3 is 2.21 bits per heavy atom. The van der Waals surface area contributed by atoms with Crippen molar-refractivity contribution in [3.63, 3.8) is 0 Å². The van der Waals surface area contributed by atoms with E-state index >= 15 is 0 Å². The highest BCUT2D eigenvalue weighted by Gasteiger charge is 2.18. The highest BCUT2D eigenvalue weighted by molar-refractivity contribution is 7.92. The van der Waals surface area contributed by atoms with Crippen LogP contribution in [-0.4, -0.2) is 46.4 Å². The lowest BCUT2D eigenvalue weighted by atomic mass is 10.2. The van der Waals surface area contributed by atoms with Crippen molar-refractivity contribution in [2.24, 2.45) is 5.10 Å². The number of anilines is 2. The minimum atomic E-state index is -3.55. The number of para-hydroxylation sites is 2. The summed E-state index contributed by atoms with van der Waals surface area (Å²) < 4.78 is 36.9. The van der Waals surface area contributed by atoms with E-state index in [1.165, 1.54) is 17.6 Å². The summed E-state index contributed by atoms with van der Waals surface area (Å²) >= 11 is 0. The second-order valence-corrected chi connectivity index (χ2v) is 11.0. The molecular formula is C31H30N4O6S. The lowest BCUT2D eigenvalue weighted by molar-refractivity contribution is -0.118. The molecule has 0 saturated heterocycles. The van der Waals surface area contributed by atoms with Gasteiger partial charge in [-0.15, -0.1) is 0 Å². The largest absolute Gasteiger partial charge is 0.495 e. The molecule has 0 fully saturated rings. The first-order valence-corrected chi connectivity index (χ1v) is 14.7. The first kappa shape index (κ1) is 29.8. The molecule has 2 amide bonds. The number of amides is 2. The van der Waals surface area contributed by atoms with Crippen molar-refractivity contribution in [1.29, 1.82) is 0 Å². The van der Waals surface area contributed by atoms with Gasteiger partial charge in [-0.25, -0.2) is 13.8 Å². The number of benzene rings is 4. The van der Waals surface area contributed by atoms with Gasteiger partial charge in [0.25, 0.3) is 11.8 Å². The lowest BCUT2D eigenvalue weighted by Crippen LogP contribution is -2.29. The van der Waals surface area contributed by atoms with Gasteiger partial charge in [0.2, 0.25) is 10.0 Å². The van der Waals surface area contributed by atoms with Gasteiger partial charge in [-0.3, -0.25) is 13.9 Å². The van der Waals surface area contributed by atoms with Crippen LogP contribution in [0.15, 0.2) is 108 Å². The van der Waals surface area contributed by atoms with Gasteiger partial charge in [0.1, 0.15) is 11.5 Å². The lowest BCUT2D eigenvalue weighted by Gasteiger charge is -2.22. The Morgan fingerprint density at radius 1 is 0.881 bits per heavy atom. The van der Waals surface area contributed by atoms with Crippen LogP contribution < -0.4 is 24.5 Å². The molecule has 216 valence electrons. The summed E-state index contributed by atoms with van der Waals surface area (Å²) in [6.45, 7) is -0.00994. The second kappa shape index (κ2) is 14.0. The average Bonchev–Trinajstić information content (AvgIpc) is 3.00. The van der Waals surface area contributed by atoms with Crippen molar-refractivity contribution in [2.45, 2.75) is 6.54 Å². The van der Waals surface area contributed by atoms with E-state index in [4.69, 9.17) is 9.47 Å². The van der Waals surface area contributed by atoms with Crippen LogP contribution in [0.1, 0.15) is 21.5 Å². The van der Waals surface area contributed by atoms with Crippen LogP contribution in [0, 0.1) is 0 Å². The average molecular weight is 587 g/mol. The first-order chi connectivity index (χ1) is 20.2. The Hall–Kier alpha value is -5.16. The predicted molar refractivity (Wildman–Crippen MR) is 163 cm³/mol. The molecule has 4 rings (SSSR count). The van der Waals surface area contributed by atoms with Crippen LogP contribution in [0.3, 0.4) is 0 Å². The Bertz CT molecular complexity index is 1640. The molecular weight excluding hydrogens is 556 g/mol. The van der Waals surface area contributed by atoms with E-state index in [1.54, 1.807) is 66.7 Å². The van der Waals surface area contributed by atoms with Crippen LogP contribution in [0.4, 0.5) is 11.4 Å². The van der Waals surface area contributed by atoms with Crippen molar-refractivity contribution in [3.05, 3.63) is 120 Å². The van der Waals surface area contributed by atoms with E-state index in [9.17, 15) is 18.0 Å². The summed E-state index contributed by atoms with van der Waals surface area (Å²) in [7, 11) is -2.02. The second-order valence-electron chi connectivity index (χ2n) is 9.11. The van der Waals surface area contributed by atoms with Crippen molar-refractivity contribution in [3.8, 4) is 11.5 Å². The van der Waals surface area contributed by atoms with E-state index in [0.29, 0.717) is 34.0 Å². The van der Waals surface area contributed by atoms with E-state index in [0.717, 1.165) is 11.8 Å². The van der Waals surface area contributed by atoms with Crippen LogP contribution in [0.2, 0.25) is 0 Å². The normalized spacial score (nSPS) is 11.1. The Morgan fingerprint density at radius 2 is 1.55 bits per heavy atom. The molecule has 10 nitrogen and oxygen atoms in total. The molecule has 0 aliphatic carbocycles. The summed E-state index contributed by atoms with van der Waals surface area (Å²) in [5.74, 6) is 0.256. The SMILES string of the molecule is COc1ccccc1NC(=O)COc1ccc(/C=N\NC(=O)c2ccc(N(Cc3ccccc3)S(C)(=O)=O)cc2)cc1. The van der Waals surface area contributed by atoms with Crippen LogP contribution in [-0.2, 0) is 21.4 Å². The highest BCUT2D eigenvalue weighted by Crippen LogP contribution is 2.23. The maximum Gasteiger partial charge on any atom is 0.271 e. The molecule has 0 aliphatic rings. The summed E-state index contributed by atoms with van der Waals surface area (Å²) in [5, 5.41) is 6.73. The third-order valence-electron chi connectivity index (χ3n) is 6.00. The first-order valence-electron chi connectivity index (χ1n) is 12.8. The van der Waals surface area contributed by atoms with Crippen LogP contribution in [0.25, 0.3) is 0 Å². The van der Waals surface area contributed by atoms with Crippen molar-refractivity contribution in [2.75, 3.05) is 29.6 Å². The van der Waals surface area contributed by atoms with Crippen molar-refractivity contribution < 1.29 is 27.5 Å². The van der Waals surface area contributed by atoms with Gasteiger partial charge in [0, 0.05) is 5.56 Å². The molecule has 2 N–H and O–H groups in total. The number of hydrazone groups is 1. The molecule has 4 aromatic carbocycles. The molecule has 0 atom stereocenters. The van der Waals surface area contributed by atoms with E-state index < -0.39 is 15.9 Å². The van der Waals surface area contributed by atoms with E-state index in [2.05, 4.69) is 15.8 Å². The van der Waals surface area contributed by atoms with Gasteiger partial charge in [0.05, 0.1) is 37.5 Å². The van der Waals surface area contributed by atoms with Crippen LogP contribution in [0.5, 0.6) is 11.5 Å². The molecule has 0 aromatic heterocycles. The van der Waals surface area contributed by atoms with Gasteiger partial charge >= 0.3 is 0 Å². The van der Waals surface area contributed by atoms with Gasteiger partial charge in [-0.1, -0.05) is 42.5 Å². The Balaban J connectivity index is 1.28. The summed E-state index contributed by atoms with van der Waals surface area (Å²) in [6, 6.07) is 29.4. The Labute approximate surface area is 244 Å². The fourth-order valence-electron chi connectivity index (χ4n) is 3.89.